The Morgan fingerprint density at radius 1 is 0.900 bits per heavy atom. The van der Waals surface area contributed by atoms with E-state index in [1.165, 1.54) is 35.1 Å². The number of fused-ring (bicyclic) bond motifs is 2. The summed E-state index contributed by atoms with van der Waals surface area (Å²) in [5.41, 5.74) is 2.52. The molecule has 3 aromatic heterocycles. The number of thiophene rings is 1. The van der Waals surface area contributed by atoms with Gasteiger partial charge in [-0.1, -0.05) is 107 Å². The molecular weight excluding hydrogens is 813 g/mol. The Kier molecular flexibility index (Phi) is 11.4. The topological polar surface area (TPSA) is 126 Å². The summed E-state index contributed by atoms with van der Waals surface area (Å²) in [6.07, 6.45) is 3.89. The van der Waals surface area contributed by atoms with E-state index in [0.717, 1.165) is 32.6 Å². The van der Waals surface area contributed by atoms with Crippen molar-refractivity contribution < 1.29 is 28.5 Å². The summed E-state index contributed by atoms with van der Waals surface area (Å²) >= 11 is 4.38. The molecular formula is C46H43N6O5S3+. The molecule has 0 bridgehead atoms. The molecule has 2 N–H and O–H groups in total. The van der Waals surface area contributed by atoms with Crippen LogP contribution in [0.25, 0.3) is 15.9 Å². The molecule has 2 unspecified atom stereocenters. The van der Waals surface area contributed by atoms with Crippen LogP contribution < -0.4 is 15.2 Å². The molecule has 2 aliphatic heterocycles. The fourth-order valence-electron chi connectivity index (χ4n) is 7.51. The van der Waals surface area contributed by atoms with Crippen molar-refractivity contribution in [2.45, 2.75) is 50.9 Å². The highest BCUT2D eigenvalue weighted by Crippen LogP contribution is 2.42. The first-order valence-corrected chi connectivity index (χ1v) is 22.1. The third-order valence-corrected chi connectivity index (χ3v) is 13.0. The predicted octanol–water partition coefficient (Wildman–Crippen LogP) is 7.96. The number of allylic oxidation sites excluding steroid dienone is 2. The number of amides is 2. The molecule has 1 fully saturated rings. The number of hydrogen-bond acceptors (Lipinski definition) is 11. The maximum absolute atomic E-state index is 14.1. The third-order valence-electron chi connectivity index (χ3n) is 10.2. The van der Waals surface area contributed by atoms with Gasteiger partial charge in [-0.15, -0.1) is 23.1 Å². The lowest BCUT2D eigenvalue weighted by Gasteiger charge is -2.50. The van der Waals surface area contributed by atoms with Crippen LogP contribution in [-0.2, 0) is 29.5 Å². The lowest BCUT2D eigenvalue weighted by molar-refractivity contribution is -0.550. The number of pyridine rings is 1. The maximum Gasteiger partial charge on any atom is 0.356 e. The van der Waals surface area contributed by atoms with Crippen molar-refractivity contribution in [3.63, 3.8) is 0 Å². The van der Waals surface area contributed by atoms with E-state index in [2.05, 4.69) is 68.9 Å². The average molecular weight is 856 g/mol. The van der Waals surface area contributed by atoms with E-state index < -0.39 is 41.0 Å². The Labute approximate surface area is 360 Å². The number of carbonyl (C=O) groups excluding carboxylic acids is 3. The van der Waals surface area contributed by atoms with E-state index in [9.17, 15) is 14.4 Å². The van der Waals surface area contributed by atoms with Crippen LogP contribution in [0.15, 0.2) is 148 Å². The second-order valence-electron chi connectivity index (χ2n) is 15.2. The molecule has 304 valence electrons. The summed E-state index contributed by atoms with van der Waals surface area (Å²) in [5.74, 6) is -1.25. The van der Waals surface area contributed by atoms with Crippen molar-refractivity contribution in [2.24, 2.45) is 5.16 Å². The minimum Gasteiger partial charge on any atom is -0.455 e. The van der Waals surface area contributed by atoms with Gasteiger partial charge in [0.25, 0.3) is 16.6 Å². The minimum absolute atomic E-state index is 0.0943. The van der Waals surface area contributed by atoms with Gasteiger partial charge in [0.1, 0.15) is 35.7 Å². The van der Waals surface area contributed by atoms with Crippen LogP contribution in [0.4, 0.5) is 5.13 Å². The Balaban J connectivity index is 1.07. The van der Waals surface area contributed by atoms with Crippen LogP contribution in [0.1, 0.15) is 50.1 Å². The number of aromatic nitrogens is 2. The molecule has 2 atom stereocenters. The smallest absolute Gasteiger partial charge is 0.356 e. The van der Waals surface area contributed by atoms with Gasteiger partial charge in [-0.2, -0.15) is 4.57 Å². The zero-order chi connectivity index (χ0) is 42.0. The van der Waals surface area contributed by atoms with Crippen molar-refractivity contribution in [3.8, 4) is 0 Å². The number of β-lactam (4-membered cyclic amide) rings is 1. The number of oxime groups is 1. The van der Waals surface area contributed by atoms with Gasteiger partial charge >= 0.3 is 5.97 Å². The van der Waals surface area contributed by atoms with Gasteiger partial charge in [0.2, 0.25) is 0 Å². The monoisotopic (exact) mass is 855 g/mol. The number of esters is 1. The highest BCUT2D eigenvalue weighted by Gasteiger charge is 2.54. The standard InChI is InChI=1S/C46H42N6O5S3/c1-29(51-24-15-16-30-23-25-58-42(30)51)26-36-39(43(55)57-45(2,3)4)52-35(28-59-36)38(41(52)54)48-40(53)37(50-56-5)34-27-60-44(47-34)49-46(31-17-9-6-10-18-31,32-19-11-7-12-20-32)33-21-13-8-14-22-33/h6-27,35,38H,28H2,1-5H3,(H-,47,48,49,53)/p+1/b29-26-,50-37-. The Morgan fingerprint density at radius 3 is 2.13 bits per heavy atom. The van der Waals surface area contributed by atoms with Crippen LogP contribution in [0.5, 0.6) is 0 Å². The summed E-state index contributed by atoms with van der Waals surface area (Å²) in [5, 5.41) is 16.1. The average Bonchev–Trinajstić information content (AvgIpc) is 3.94. The van der Waals surface area contributed by atoms with Crippen LogP contribution in [0.3, 0.4) is 0 Å². The van der Waals surface area contributed by atoms with Gasteiger partial charge in [0.05, 0.1) is 11.4 Å². The van der Waals surface area contributed by atoms with Gasteiger partial charge in [-0.05, 0) is 55.0 Å². The normalized spacial score (nSPS) is 17.2. The Bertz CT molecular complexity index is 2560. The van der Waals surface area contributed by atoms with E-state index in [0.29, 0.717) is 15.8 Å². The third kappa shape index (κ3) is 7.85. The largest absolute Gasteiger partial charge is 0.455 e. The molecule has 1 saturated heterocycles. The van der Waals surface area contributed by atoms with Crippen molar-refractivity contribution >= 4 is 79.0 Å². The lowest BCUT2D eigenvalue weighted by Crippen LogP contribution is -2.73. The van der Waals surface area contributed by atoms with Crippen molar-refractivity contribution in [2.75, 3.05) is 18.2 Å². The molecule has 60 heavy (non-hydrogen) atoms. The predicted molar refractivity (Wildman–Crippen MR) is 238 cm³/mol. The number of benzene rings is 3. The first-order valence-electron chi connectivity index (χ1n) is 19.3. The van der Waals surface area contributed by atoms with Gasteiger partial charge in [-0.25, -0.2) is 9.78 Å². The summed E-state index contributed by atoms with van der Waals surface area (Å²) in [6, 6.07) is 35.0. The summed E-state index contributed by atoms with van der Waals surface area (Å²) in [6.45, 7) is 7.33. The molecule has 11 nitrogen and oxygen atoms in total. The number of nitrogens with zero attached hydrogens (tertiary/aromatic N) is 4. The molecule has 5 heterocycles. The summed E-state index contributed by atoms with van der Waals surface area (Å²) in [7, 11) is 1.35. The van der Waals surface area contributed by atoms with Gasteiger partial charge in [-0.3, -0.25) is 14.5 Å². The van der Waals surface area contributed by atoms with Crippen LogP contribution in [-0.4, -0.2) is 63.9 Å². The Hall–Kier alpha value is -6.09. The van der Waals surface area contributed by atoms with Crippen LogP contribution in [0, 0.1) is 0 Å². The molecule has 2 aliphatic rings. The SMILES string of the molecule is CO/N=C(\C(=O)NC1C(=O)N2C(C(=O)OC(C)(C)C)=C(/C=C(/C)[n+]3cccc4ccsc43)SCC12)c1csc(NC(c2ccccc2)(c2ccccc2)c2ccccc2)n1. The molecule has 0 radical (unpaired) electrons. The summed E-state index contributed by atoms with van der Waals surface area (Å²) < 4.78 is 7.91. The molecule has 3 aromatic carbocycles. The molecule has 0 saturated carbocycles. The highest BCUT2D eigenvalue weighted by atomic mass is 32.2. The lowest BCUT2D eigenvalue weighted by atomic mass is 9.77. The fraction of sp³-hybridized carbons (Fsp3) is 0.217. The van der Waals surface area contributed by atoms with Crippen molar-refractivity contribution in [1.29, 1.82) is 0 Å². The van der Waals surface area contributed by atoms with E-state index >= 15 is 0 Å². The number of ether oxygens (including phenoxy) is 1. The molecule has 6 aromatic rings. The van der Waals surface area contributed by atoms with Gasteiger partial charge < -0.3 is 20.2 Å². The second kappa shape index (κ2) is 16.9. The van der Waals surface area contributed by atoms with E-state index in [-0.39, 0.29) is 17.1 Å². The zero-order valence-electron chi connectivity index (χ0n) is 33.6. The van der Waals surface area contributed by atoms with E-state index in [1.54, 1.807) is 37.5 Å². The van der Waals surface area contributed by atoms with Gasteiger partial charge in [0, 0.05) is 35.1 Å². The van der Waals surface area contributed by atoms with Crippen molar-refractivity contribution in [1.82, 2.24) is 15.2 Å². The Morgan fingerprint density at radius 2 is 1.53 bits per heavy atom. The van der Waals surface area contributed by atoms with Crippen molar-refractivity contribution in [3.05, 3.63) is 165 Å². The number of carbonyl (C=O) groups is 3. The summed E-state index contributed by atoms with van der Waals surface area (Å²) in [4.78, 5) is 55.2. The van der Waals surface area contributed by atoms with E-state index in [4.69, 9.17) is 14.6 Å². The second-order valence-corrected chi connectivity index (χ2v) is 18.0. The molecule has 0 aliphatic carbocycles. The minimum atomic E-state index is -0.927. The van der Waals surface area contributed by atoms with Crippen LogP contribution >= 0.6 is 34.4 Å². The molecule has 0 spiro atoms. The number of thiazole rings is 1. The molecule has 14 heteroatoms. The van der Waals surface area contributed by atoms with E-state index in [1.807, 2.05) is 85.2 Å². The zero-order valence-corrected chi connectivity index (χ0v) is 36.1. The number of thioether (sulfide) groups is 1. The molecule has 2 amide bonds. The van der Waals surface area contributed by atoms with Crippen LogP contribution in [0.2, 0.25) is 0 Å². The first-order chi connectivity index (χ1) is 29.0. The quantitative estimate of drug-likeness (QED) is 0.0318. The first kappa shape index (κ1) is 40.7. The number of anilines is 1. The maximum atomic E-state index is 14.1. The molecule has 8 rings (SSSR count). The number of hydrogen-bond donors (Lipinski definition) is 2. The highest BCUT2D eigenvalue weighted by molar-refractivity contribution is 8.03. The number of rotatable bonds is 12. The number of nitrogens with one attached hydrogen (secondary N) is 2. The fourth-order valence-corrected chi connectivity index (χ4v) is 10.5. The van der Waals surface area contributed by atoms with Gasteiger partial charge in [0.15, 0.2) is 22.7 Å².